The molecular formula is C25H28N6O2. The van der Waals surface area contributed by atoms with E-state index in [9.17, 15) is 4.79 Å². The molecule has 0 saturated carbocycles. The summed E-state index contributed by atoms with van der Waals surface area (Å²) in [7, 11) is 0. The van der Waals surface area contributed by atoms with E-state index in [-0.39, 0.29) is 17.8 Å². The summed E-state index contributed by atoms with van der Waals surface area (Å²) in [5.41, 5.74) is 4.43. The van der Waals surface area contributed by atoms with Gasteiger partial charge in [-0.15, -0.1) is 0 Å². The van der Waals surface area contributed by atoms with Crippen LogP contribution in [0.15, 0.2) is 58.2 Å². The fourth-order valence-electron chi connectivity index (χ4n) is 4.50. The summed E-state index contributed by atoms with van der Waals surface area (Å²) in [6.45, 7) is 8.49. The lowest BCUT2D eigenvalue weighted by atomic mass is 10.0. The number of benzene rings is 2. The minimum absolute atomic E-state index is 0.00658. The first-order valence-electron chi connectivity index (χ1n) is 11.4. The fraction of sp³-hybridized carbons (Fsp3) is 0.360. The zero-order chi connectivity index (χ0) is 23.1. The predicted octanol–water partition coefficient (Wildman–Crippen LogP) is 5.34. The molecule has 0 bridgehead atoms. The Morgan fingerprint density at radius 1 is 1.00 bits per heavy atom. The Labute approximate surface area is 191 Å². The van der Waals surface area contributed by atoms with Gasteiger partial charge in [-0.3, -0.25) is 9.13 Å². The van der Waals surface area contributed by atoms with Crippen LogP contribution in [-0.2, 0) is 0 Å². The summed E-state index contributed by atoms with van der Waals surface area (Å²) in [5, 5.41) is 3.93. The maximum atomic E-state index is 13.7. The van der Waals surface area contributed by atoms with Crippen molar-refractivity contribution >= 4 is 22.1 Å². The van der Waals surface area contributed by atoms with E-state index >= 15 is 0 Å². The molecule has 0 radical (unpaired) electrons. The summed E-state index contributed by atoms with van der Waals surface area (Å²) in [6.07, 6.45) is 3.10. The third-order valence-electron chi connectivity index (χ3n) is 6.09. The molecule has 8 heteroatoms. The van der Waals surface area contributed by atoms with Crippen LogP contribution in [0, 0.1) is 5.92 Å². The Morgan fingerprint density at radius 3 is 2.42 bits per heavy atom. The fourth-order valence-corrected chi connectivity index (χ4v) is 4.50. The highest BCUT2D eigenvalue weighted by Gasteiger charge is 2.25. The largest absolute Gasteiger partial charge is 0.342 e. The van der Waals surface area contributed by atoms with E-state index in [0.717, 1.165) is 46.3 Å². The number of para-hydroxylation sites is 2. The molecule has 1 unspecified atom stereocenters. The smallest absolute Gasteiger partial charge is 0.330 e. The van der Waals surface area contributed by atoms with Gasteiger partial charge < -0.3 is 9.51 Å². The molecule has 8 nitrogen and oxygen atoms in total. The molecule has 2 aromatic carbocycles. The van der Waals surface area contributed by atoms with E-state index < -0.39 is 0 Å². The van der Waals surface area contributed by atoms with Crippen molar-refractivity contribution in [3.8, 4) is 11.4 Å². The number of fused-ring (bicyclic) bond motifs is 2. The highest BCUT2D eigenvalue weighted by atomic mass is 16.5. The second-order valence-corrected chi connectivity index (χ2v) is 9.20. The first kappa shape index (κ1) is 21.2. The highest BCUT2D eigenvalue weighted by molar-refractivity contribution is 5.81. The predicted molar refractivity (Wildman–Crippen MR) is 128 cm³/mol. The number of nitrogens with one attached hydrogen (secondary N) is 1. The van der Waals surface area contributed by atoms with E-state index in [1.54, 1.807) is 0 Å². The average Bonchev–Trinajstić information content (AvgIpc) is 3.51. The van der Waals surface area contributed by atoms with Gasteiger partial charge in [-0.05, 0) is 62.9 Å². The van der Waals surface area contributed by atoms with Crippen LogP contribution in [0.4, 0.5) is 0 Å². The monoisotopic (exact) mass is 444 g/mol. The number of aromatic nitrogens is 6. The number of nitrogens with zero attached hydrogens (tertiary/aromatic N) is 5. The highest BCUT2D eigenvalue weighted by Crippen LogP contribution is 2.30. The van der Waals surface area contributed by atoms with E-state index in [2.05, 4.69) is 29.0 Å². The van der Waals surface area contributed by atoms with Gasteiger partial charge in [0.15, 0.2) is 0 Å². The maximum Gasteiger partial charge on any atom is 0.330 e. The van der Waals surface area contributed by atoms with Gasteiger partial charge in [-0.1, -0.05) is 31.1 Å². The third kappa shape index (κ3) is 3.75. The zero-order valence-corrected chi connectivity index (χ0v) is 19.3. The molecule has 0 amide bonds. The molecule has 0 aliphatic carbocycles. The molecule has 0 spiro atoms. The van der Waals surface area contributed by atoms with Crippen LogP contribution in [0.25, 0.3) is 33.5 Å². The second-order valence-electron chi connectivity index (χ2n) is 9.20. The maximum absolute atomic E-state index is 13.7. The van der Waals surface area contributed by atoms with Crippen molar-refractivity contribution < 1.29 is 4.52 Å². The van der Waals surface area contributed by atoms with Crippen LogP contribution in [-0.4, -0.2) is 29.2 Å². The van der Waals surface area contributed by atoms with Gasteiger partial charge in [-0.25, -0.2) is 9.78 Å². The normalized spacial score (nSPS) is 13.0. The van der Waals surface area contributed by atoms with Crippen molar-refractivity contribution in [3.05, 3.63) is 65.2 Å². The molecule has 1 N–H and O–H groups in total. The van der Waals surface area contributed by atoms with E-state index in [0.29, 0.717) is 11.7 Å². The van der Waals surface area contributed by atoms with Crippen LogP contribution >= 0.6 is 0 Å². The van der Waals surface area contributed by atoms with Gasteiger partial charge in [0.05, 0.1) is 28.1 Å². The van der Waals surface area contributed by atoms with Gasteiger partial charge in [-0.2, -0.15) is 4.98 Å². The molecule has 0 aliphatic rings. The number of hydrogen-bond acceptors (Lipinski definition) is 5. The molecule has 0 fully saturated rings. The van der Waals surface area contributed by atoms with Gasteiger partial charge in [0, 0.05) is 11.6 Å². The minimum atomic E-state index is -0.203. The van der Waals surface area contributed by atoms with Gasteiger partial charge >= 0.3 is 5.69 Å². The topological polar surface area (TPSA) is 94.5 Å². The van der Waals surface area contributed by atoms with Crippen molar-refractivity contribution in [3.63, 3.8) is 0 Å². The first-order chi connectivity index (χ1) is 15.9. The quantitative estimate of drug-likeness (QED) is 0.366. The first-order valence-corrected chi connectivity index (χ1v) is 11.4. The van der Waals surface area contributed by atoms with Crippen LogP contribution in [0.2, 0.25) is 0 Å². The lowest BCUT2D eigenvalue weighted by molar-refractivity contribution is 0.419. The lowest BCUT2D eigenvalue weighted by Crippen LogP contribution is -2.29. The summed E-state index contributed by atoms with van der Waals surface area (Å²) in [5.74, 6) is 1.82. The molecule has 170 valence electrons. The zero-order valence-electron chi connectivity index (χ0n) is 19.3. The number of H-pyrrole nitrogens is 1. The Kier molecular flexibility index (Phi) is 5.36. The summed E-state index contributed by atoms with van der Waals surface area (Å²) >= 11 is 0. The number of rotatable bonds is 7. The van der Waals surface area contributed by atoms with Crippen molar-refractivity contribution in [2.24, 2.45) is 5.92 Å². The second kappa shape index (κ2) is 8.35. The molecule has 1 atom stereocenters. The van der Waals surface area contributed by atoms with E-state index in [1.807, 2.05) is 65.4 Å². The number of imidazole rings is 2. The Bertz CT molecular complexity index is 1460. The number of aromatic amines is 1. The van der Waals surface area contributed by atoms with E-state index in [4.69, 9.17) is 9.51 Å². The van der Waals surface area contributed by atoms with Crippen molar-refractivity contribution in [1.82, 2.24) is 29.2 Å². The SMILES string of the molecule is CC(C)CCC(c1nc2ccc(-c3ncon3)cc2[nH]1)n1c(=O)n(C(C)C)c2ccccc21. The van der Waals surface area contributed by atoms with Crippen LogP contribution in [0.3, 0.4) is 0 Å². The lowest BCUT2D eigenvalue weighted by Gasteiger charge is -2.18. The van der Waals surface area contributed by atoms with Crippen LogP contribution in [0.5, 0.6) is 0 Å². The molecule has 0 saturated heterocycles. The molecular weight excluding hydrogens is 416 g/mol. The summed E-state index contributed by atoms with van der Waals surface area (Å²) < 4.78 is 8.67. The Balaban J connectivity index is 1.68. The number of hydrogen-bond donors (Lipinski definition) is 1. The van der Waals surface area contributed by atoms with Gasteiger partial charge in [0.25, 0.3) is 0 Å². The van der Waals surface area contributed by atoms with Crippen molar-refractivity contribution in [1.29, 1.82) is 0 Å². The van der Waals surface area contributed by atoms with Gasteiger partial charge in [0.2, 0.25) is 12.2 Å². The molecule has 33 heavy (non-hydrogen) atoms. The van der Waals surface area contributed by atoms with Crippen LogP contribution in [0.1, 0.15) is 58.4 Å². The minimum Gasteiger partial charge on any atom is -0.342 e. The third-order valence-corrected chi connectivity index (χ3v) is 6.09. The molecule has 0 aliphatic heterocycles. The standard InChI is InChI=1S/C25H28N6O2/c1-15(2)9-12-22(31-21-8-6-5-7-20(21)30(16(3)4)25(31)32)24-27-18-11-10-17(13-19(18)28-24)23-26-14-33-29-23/h5-8,10-11,13-16,22H,9,12H2,1-4H3,(H,27,28). The molecule has 3 aromatic heterocycles. The van der Waals surface area contributed by atoms with E-state index in [1.165, 1.54) is 6.39 Å². The summed E-state index contributed by atoms with van der Waals surface area (Å²) in [4.78, 5) is 26.2. The van der Waals surface area contributed by atoms with Gasteiger partial charge in [0.1, 0.15) is 5.82 Å². The average molecular weight is 445 g/mol. The summed E-state index contributed by atoms with van der Waals surface area (Å²) in [6, 6.07) is 13.7. The van der Waals surface area contributed by atoms with Crippen LogP contribution < -0.4 is 5.69 Å². The Hall–Kier alpha value is -3.68. The molecule has 5 rings (SSSR count). The molecule has 5 aromatic rings. The molecule has 3 heterocycles. The Morgan fingerprint density at radius 2 is 1.76 bits per heavy atom. The van der Waals surface area contributed by atoms with Crippen molar-refractivity contribution in [2.75, 3.05) is 0 Å². The van der Waals surface area contributed by atoms with Crippen molar-refractivity contribution in [2.45, 2.75) is 52.6 Å².